The average Bonchev–Trinajstić information content (AvgIpc) is 2.97. The molecule has 0 aliphatic carbocycles. The van der Waals surface area contributed by atoms with E-state index in [-0.39, 0.29) is 6.54 Å². The molecule has 0 saturated heterocycles. The fraction of sp³-hybridized carbons (Fsp3) is 0.176. The molecule has 1 unspecified atom stereocenters. The maximum Gasteiger partial charge on any atom is 0.254 e. The Morgan fingerprint density at radius 3 is 2.91 bits per heavy atom. The SMILES string of the molecule is Cc1cccc(-n2ncc3ccc(NC(=O)C(O)CN)cc32)c1. The summed E-state index contributed by atoms with van der Waals surface area (Å²) in [5.41, 5.74) is 8.84. The van der Waals surface area contributed by atoms with Crippen molar-refractivity contribution in [3.8, 4) is 5.69 Å². The lowest BCUT2D eigenvalue weighted by Crippen LogP contribution is -2.34. The summed E-state index contributed by atoms with van der Waals surface area (Å²) in [6.45, 7) is 1.91. The maximum atomic E-state index is 11.8. The first-order valence-electron chi connectivity index (χ1n) is 7.32. The summed E-state index contributed by atoms with van der Waals surface area (Å²) in [6.07, 6.45) is 0.560. The molecule has 0 spiro atoms. The van der Waals surface area contributed by atoms with Crippen LogP contribution in [0, 0.1) is 6.92 Å². The molecule has 2 aromatic carbocycles. The number of carbonyl (C=O) groups excluding carboxylic acids is 1. The van der Waals surface area contributed by atoms with Crippen LogP contribution < -0.4 is 11.1 Å². The maximum absolute atomic E-state index is 11.8. The van der Waals surface area contributed by atoms with Crippen molar-refractivity contribution >= 4 is 22.5 Å². The number of amides is 1. The molecule has 1 heterocycles. The van der Waals surface area contributed by atoms with Gasteiger partial charge in [0.15, 0.2) is 0 Å². The molecule has 0 aliphatic heterocycles. The molecule has 6 nitrogen and oxygen atoms in total. The van der Waals surface area contributed by atoms with Gasteiger partial charge in [-0.25, -0.2) is 4.68 Å². The second kappa shape index (κ2) is 6.20. The van der Waals surface area contributed by atoms with Gasteiger partial charge in [-0.2, -0.15) is 5.10 Å². The molecule has 118 valence electrons. The minimum atomic E-state index is -1.22. The third-order valence-corrected chi connectivity index (χ3v) is 3.61. The van der Waals surface area contributed by atoms with Crippen molar-refractivity contribution in [1.29, 1.82) is 0 Å². The molecule has 23 heavy (non-hydrogen) atoms. The minimum Gasteiger partial charge on any atom is -0.382 e. The fourth-order valence-electron chi connectivity index (χ4n) is 2.39. The van der Waals surface area contributed by atoms with E-state index >= 15 is 0 Å². The Kier molecular flexibility index (Phi) is 4.10. The van der Waals surface area contributed by atoms with Crippen molar-refractivity contribution in [3.05, 3.63) is 54.2 Å². The molecule has 0 bridgehead atoms. The van der Waals surface area contributed by atoms with E-state index in [1.54, 1.807) is 12.3 Å². The molecule has 1 aromatic heterocycles. The van der Waals surface area contributed by atoms with E-state index in [4.69, 9.17) is 5.73 Å². The van der Waals surface area contributed by atoms with Gasteiger partial charge in [-0.05, 0) is 42.8 Å². The average molecular weight is 310 g/mol. The summed E-state index contributed by atoms with van der Waals surface area (Å²) in [4.78, 5) is 11.8. The summed E-state index contributed by atoms with van der Waals surface area (Å²) in [5.74, 6) is -0.520. The highest BCUT2D eigenvalue weighted by Crippen LogP contribution is 2.22. The molecular weight excluding hydrogens is 292 g/mol. The van der Waals surface area contributed by atoms with Crippen molar-refractivity contribution < 1.29 is 9.90 Å². The lowest BCUT2D eigenvalue weighted by atomic mass is 10.2. The van der Waals surface area contributed by atoms with Crippen molar-refractivity contribution in [2.24, 2.45) is 5.73 Å². The number of aliphatic hydroxyl groups excluding tert-OH is 1. The smallest absolute Gasteiger partial charge is 0.254 e. The van der Waals surface area contributed by atoms with Gasteiger partial charge in [0.2, 0.25) is 0 Å². The first kappa shape index (κ1) is 15.2. The normalized spacial score (nSPS) is 12.3. The van der Waals surface area contributed by atoms with Crippen molar-refractivity contribution in [2.45, 2.75) is 13.0 Å². The highest BCUT2D eigenvalue weighted by Gasteiger charge is 2.13. The number of nitrogens with two attached hydrogens (primary N) is 1. The predicted molar refractivity (Wildman–Crippen MR) is 89.5 cm³/mol. The fourth-order valence-corrected chi connectivity index (χ4v) is 2.39. The summed E-state index contributed by atoms with van der Waals surface area (Å²) >= 11 is 0. The number of fused-ring (bicyclic) bond motifs is 1. The summed E-state index contributed by atoms with van der Waals surface area (Å²) in [6, 6.07) is 13.5. The molecule has 0 aliphatic rings. The predicted octanol–water partition coefficient (Wildman–Crippen LogP) is 1.59. The number of benzene rings is 2. The van der Waals surface area contributed by atoms with Crippen molar-refractivity contribution in [2.75, 3.05) is 11.9 Å². The third kappa shape index (κ3) is 3.08. The number of hydrogen-bond donors (Lipinski definition) is 3. The quantitative estimate of drug-likeness (QED) is 0.682. The molecule has 1 atom stereocenters. The molecule has 0 saturated carbocycles. The number of aromatic nitrogens is 2. The van der Waals surface area contributed by atoms with E-state index in [0.29, 0.717) is 5.69 Å². The van der Waals surface area contributed by atoms with Gasteiger partial charge in [-0.3, -0.25) is 4.79 Å². The lowest BCUT2D eigenvalue weighted by molar-refractivity contribution is -0.123. The second-order valence-corrected chi connectivity index (χ2v) is 5.41. The number of aryl methyl sites for hydroxylation is 1. The molecule has 3 aromatic rings. The zero-order valence-electron chi connectivity index (χ0n) is 12.7. The highest BCUT2D eigenvalue weighted by molar-refractivity contribution is 5.96. The summed E-state index contributed by atoms with van der Waals surface area (Å²) < 4.78 is 1.82. The van der Waals surface area contributed by atoms with Crippen molar-refractivity contribution in [3.63, 3.8) is 0 Å². The lowest BCUT2D eigenvalue weighted by Gasteiger charge is -2.10. The van der Waals surface area contributed by atoms with Gasteiger partial charge in [0.1, 0.15) is 6.10 Å². The van der Waals surface area contributed by atoms with E-state index < -0.39 is 12.0 Å². The molecule has 6 heteroatoms. The van der Waals surface area contributed by atoms with Crippen LogP contribution in [0.1, 0.15) is 5.56 Å². The zero-order valence-corrected chi connectivity index (χ0v) is 12.7. The van der Waals surface area contributed by atoms with Gasteiger partial charge in [-0.15, -0.1) is 0 Å². The Bertz CT molecular complexity index is 857. The Morgan fingerprint density at radius 2 is 2.17 bits per heavy atom. The van der Waals surface area contributed by atoms with Gasteiger partial charge >= 0.3 is 0 Å². The van der Waals surface area contributed by atoms with Crippen LogP contribution in [-0.4, -0.2) is 33.4 Å². The van der Waals surface area contributed by atoms with E-state index in [0.717, 1.165) is 22.2 Å². The molecule has 0 radical (unpaired) electrons. The van der Waals surface area contributed by atoms with Crippen molar-refractivity contribution in [1.82, 2.24) is 9.78 Å². The largest absolute Gasteiger partial charge is 0.382 e. The van der Waals surface area contributed by atoms with Crippen LogP contribution >= 0.6 is 0 Å². The molecular formula is C17H18N4O2. The van der Waals surface area contributed by atoms with Gasteiger partial charge in [0.05, 0.1) is 17.4 Å². The highest BCUT2D eigenvalue weighted by atomic mass is 16.3. The number of carbonyl (C=O) groups is 1. The van der Waals surface area contributed by atoms with Crippen LogP contribution in [0.25, 0.3) is 16.6 Å². The second-order valence-electron chi connectivity index (χ2n) is 5.41. The number of nitrogens with zero attached hydrogens (tertiary/aromatic N) is 2. The molecule has 1 amide bonds. The Labute approximate surface area is 133 Å². The minimum absolute atomic E-state index is 0.116. The van der Waals surface area contributed by atoms with Crippen LogP contribution in [0.2, 0.25) is 0 Å². The standard InChI is InChI=1S/C17H18N4O2/c1-11-3-2-4-14(7-11)21-15-8-13(6-5-12(15)10-19-21)20-17(23)16(22)9-18/h2-8,10,16,22H,9,18H2,1H3,(H,20,23). The van der Waals surface area contributed by atoms with Crippen LogP contribution in [0.3, 0.4) is 0 Å². The third-order valence-electron chi connectivity index (χ3n) is 3.61. The Hall–Kier alpha value is -2.70. The van der Waals surface area contributed by atoms with E-state index in [1.807, 2.05) is 48.0 Å². The zero-order chi connectivity index (χ0) is 16.4. The number of hydrogen-bond acceptors (Lipinski definition) is 4. The number of anilines is 1. The van der Waals surface area contributed by atoms with Crippen LogP contribution in [0.5, 0.6) is 0 Å². The molecule has 4 N–H and O–H groups in total. The summed E-state index contributed by atoms with van der Waals surface area (Å²) in [5, 5.41) is 17.5. The summed E-state index contributed by atoms with van der Waals surface area (Å²) in [7, 11) is 0. The number of nitrogens with one attached hydrogen (secondary N) is 1. The van der Waals surface area contributed by atoms with Gasteiger partial charge < -0.3 is 16.2 Å². The van der Waals surface area contributed by atoms with Gasteiger partial charge in [0, 0.05) is 17.6 Å². The molecule has 0 fully saturated rings. The van der Waals surface area contributed by atoms with Gasteiger partial charge in [0.25, 0.3) is 5.91 Å². The first-order valence-corrected chi connectivity index (χ1v) is 7.32. The molecule has 3 rings (SSSR count). The topological polar surface area (TPSA) is 93.2 Å². The van der Waals surface area contributed by atoms with Crippen LogP contribution in [-0.2, 0) is 4.79 Å². The van der Waals surface area contributed by atoms with E-state index in [1.165, 1.54) is 0 Å². The van der Waals surface area contributed by atoms with E-state index in [2.05, 4.69) is 10.4 Å². The number of aliphatic hydroxyl groups is 1. The van der Waals surface area contributed by atoms with Crippen LogP contribution in [0.4, 0.5) is 5.69 Å². The Balaban J connectivity index is 1.99. The first-order chi connectivity index (χ1) is 11.1. The Morgan fingerprint density at radius 1 is 1.35 bits per heavy atom. The monoisotopic (exact) mass is 310 g/mol. The number of rotatable bonds is 4. The van der Waals surface area contributed by atoms with Crippen LogP contribution in [0.15, 0.2) is 48.7 Å². The van der Waals surface area contributed by atoms with E-state index in [9.17, 15) is 9.90 Å². The van der Waals surface area contributed by atoms with Gasteiger partial charge in [-0.1, -0.05) is 12.1 Å².